The lowest BCUT2D eigenvalue weighted by Gasteiger charge is -2.08. The van der Waals surface area contributed by atoms with Crippen LogP contribution in [-0.2, 0) is 0 Å². The maximum atomic E-state index is 13.4. The van der Waals surface area contributed by atoms with Crippen LogP contribution in [0.1, 0.15) is 10.4 Å². The van der Waals surface area contributed by atoms with Crippen molar-refractivity contribution >= 4 is 23.2 Å². The summed E-state index contributed by atoms with van der Waals surface area (Å²) in [6.07, 6.45) is 0. The highest BCUT2D eigenvalue weighted by Gasteiger charge is 2.16. The van der Waals surface area contributed by atoms with E-state index in [0.29, 0.717) is 0 Å². The van der Waals surface area contributed by atoms with Gasteiger partial charge < -0.3 is 10.4 Å². The molecule has 0 radical (unpaired) electrons. The molecule has 0 bridgehead atoms. The number of nitrogens with one attached hydrogen (secondary N) is 1. The zero-order chi connectivity index (χ0) is 14.0. The summed E-state index contributed by atoms with van der Waals surface area (Å²) in [4.78, 5) is 11.9. The quantitative estimate of drug-likeness (QED) is 0.885. The number of hydrogen-bond donors (Lipinski definition) is 2. The van der Waals surface area contributed by atoms with Gasteiger partial charge in [0, 0.05) is 0 Å². The summed E-state index contributed by atoms with van der Waals surface area (Å²) in [7, 11) is 0. The fourth-order valence-electron chi connectivity index (χ4n) is 1.49. The number of rotatable bonds is 2. The van der Waals surface area contributed by atoms with Crippen LogP contribution >= 0.6 is 11.6 Å². The average Bonchev–Trinajstić information content (AvgIpc) is 2.37. The summed E-state index contributed by atoms with van der Waals surface area (Å²) in [5.74, 6) is -2.79. The van der Waals surface area contributed by atoms with Gasteiger partial charge in [0.25, 0.3) is 5.91 Å². The van der Waals surface area contributed by atoms with E-state index in [1.54, 1.807) is 0 Å². The summed E-state index contributed by atoms with van der Waals surface area (Å²) >= 11 is 5.78. The van der Waals surface area contributed by atoms with Crippen LogP contribution in [0.25, 0.3) is 0 Å². The van der Waals surface area contributed by atoms with Crippen LogP contribution < -0.4 is 5.32 Å². The minimum atomic E-state index is -0.898. The number of benzene rings is 2. The zero-order valence-corrected chi connectivity index (χ0v) is 10.2. The standard InChI is InChI=1S/C13H8ClF2NO2/c14-9-5-4-7(18)6-8(9)13(19)17-12-10(15)2-1-3-11(12)16/h1-6,18H,(H,17,19). The molecule has 98 valence electrons. The Morgan fingerprint density at radius 3 is 2.42 bits per heavy atom. The van der Waals surface area contributed by atoms with Gasteiger partial charge in [-0.15, -0.1) is 0 Å². The Labute approximate surface area is 112 Å². The molecule has 2 rings (SSSR count). The molecule has 0 fully saturated rings. The Morgan fingerprint density at radius 2 is 1.79 bits per heavy atom. The third-order valence-electron chi connectivity index (χ3n) is 2.40. The highest BCUT2D eigenvalue weighted by atomic mass is 35.5. The van der Waals surface area contributed by atoms with Gasteiger partial charge in [-0.1, -0.05) is 17.7 Å². The van der Waals surface area contributed by atoms with E-state index < -0.39 is 23.2 Å². The number of anilines is 1. The zero-order valence-electron chi connectivity index (χ0n) is 9.45. The van der Waals surface area contributed by atoms with E-state index in [-0.39, 0.29) is 16.3 Å². The molecule has 0 saturated heterocycles. The van der Waals surface area contributed by atoms with E-state index in [0.717, 1.165) is 18.2 Å². The molecule has 0 aliphatic carbocycles. The second kappa shape index (κ2) is 5.24. The van der Waals surface area contributed by atoms with Crippen LogP contribution in [-0.4, -0.2) is 11.0 Å². The third-order valence-corrected chi connectivity index (χ3v) is 2.73. The number of hydrogen-bond acceptors (Lipinski definition) is 2. The molecule has 2 aromatic rings. The van der Waals surface area contributed by atoms with Crippen LogP contribution in [0.15, 0.2) is 36.4 Å². The lowest BCUT2D eigenvalue weighted by atomic mass is 10.2. The Morgan fingerprint density at radius 1 is 1.16 bits per heavy atom. The second-order valence-electron chi connectivity index (χ2n) is 3.71. The van der Waals surface area contributed by atoms with Gasteiger partial charge in [-0.25, -0.2) is 8.78 Å². The van der Waals surface area contributed by atoms with Gasteiger partial charge >= 0.3 is 0 Å². The molecule has 6 heteroatoms. The Hall–Kier alpha value is -2.14. The Bertz CT molecular complexity index is 626. The first-order valence-electron chi connectivity index (χ1n) is 5.23. The van der Waals surface area contributed by atoms with Crippen molar-refractivity contribution in [1.82, 2.24) is 0 Å². The maximum Gasteiger partial charge on any atom is 0.257 e. The normalized spacial score (nSPS) is 10.3. The second-order valence-corrected chi connectivity index (χ2v) is 4.12. The molecule has 2 aromatic carbocycles. The van der Waals surface area contributed by atoms with Crippen molar-refractivity contribution in [3.8, 4) is 5.75 Å². The topological polar surface area (TPSA) is 49.3 Å². The molecule has 19 heavy (non-hydrogen) atoms. The van der Waals surface area contributed by atoms with Crippen LogP contribution in [0.5, 0.6) is 5.75 Å². The summed E-state index contributed by atoms with van der Waals surface area (Å²) in [6, 6.07) is 6.93. The summed E-state index contributed by atoms with van der Waals surface area (Å²) in [6.45, 7) is 0. The SMILES string of the molecule is O=C(Nc1c(F)cccc1F)c1cc(O)ccc1Cl. The predicted molar refractivity (Wildman–Crippen MR) is 67.4 cm³/mol. The van der Waals surface area contributed by atoms with Crippen molar-refractivity contribution in [2.75, 3.05) is 5.32 Å². The molecule has 0 heterocycles. The van der Waals surface area contributed by atoms with E-state index in [2.05, 4.69) is 5.32 Å². The van der Waals surface area contributed by atoms with Crippen LogP contribution in [0, 0.1) is 11.6 Å². The van der Waals surface area contributed by atoms with Crippen LogP contribution in [0.4, 0.5) is 14.5 Å². The van der Waals surface area contributed by atoms with E-state index in [1.807, 2.05) is 0 Å². The molecular weight excluding hydrogens is 276 g/mol. The van der Waals surface area contributed by atoms with Gasteiger partial charge in [-0.2, -0.15) is 0 Å². The van der Waals surface area contributed by atoms with E-state index >= 15 is 0 Å². The largest absolute Gasteiger partial charge is 0.508 e. The minimum Gasteiger partial charge on any atom is -0.508 e. The number of aromatic hydroxyl groups is 1. The summed E-state index contributed by atoms with van der Waals surface area (Å²) in [5.41, 5.74) is -0.642. The van der Waals surface area contributed by atoms with Crippen molar-refractivity contribution in [3.63, 3.8) is 0 Å². The number of halogens is 3. The van der Waals surface area contributed by atoms with E-state index in [1.165, 1.54) is 18.2 Å². The van der Waals surface area contributed by atoms with Gasteiger partial charge in [-0.05, 0) is 30.3 Å². The van der Waals surface area contributed by atoms with Gasteiger partial charge in [0.2, 0.25) is 0 Å². The van der Waals surface area contributed by atoms with Crippen molar-refractivity contribution in [2.24, 2.45) is 0 Å². The molecular formula is C13H8ClF2NO2. The number of carbonyl (C=O) groups is 1. The number of amides is 1. The smallest absolute Gasteiger partial charge is 0.257 e. The lowest BCUT2D eigenvalue weighted by molar-refractivity contribution is 0.102. The monoisotopic (exact) mass is 283 g/mol. The highest BCUT2D eigenvalue weighted by molar-refractivity contribution is 6.34. The van der Waals surface area contributed by atoms with E-state index in [9.17, 15) is 18.7 Å². The first kappa shape index (κ1) is 13.3. The molecule has 0 atom stereocenters. The maximum absolute atomic E-state index is 13.4. The number of phenols is 1. The van der Waals surface area contributed by atoms with Gasteiger partial charge in [0.05, 0.1) is 10.6 Å². The number of carbonyl (C=O) groups excluding carboxylic acids is 1. The summed E-state index contributed by atoms with van der Waals surface area (Å²) in [5, 5.41) is 11.4. The van der Waals surface area contributed by atoms with Crippen molar-refractivity contribution in [3.05, 3.63) is 58.6 Å². The molecule has 0 aromatic heterocycles. The Kier molecular flexibility index (Phi) is 3.66. The Balaban J connectivity index is 2.34. The van der Waals surface area contributed by atoms with Gasteiger partial charge in [0.1, 0.15) is 23.1 Å². The number of phenolic OH excluding ortho intramolecular Hbond substituents is 1. The predicted octanol–water partition coefficient (Wildman–Crippen LogP) is 3.58. The molecule has 0 spiro atoms. The number of para-hydroxylation sites is 1. The fourth-order valence-corrected chi connectivity index (χ4v) is 1.69. The van der Waals surface area contributed by atoms with Crippen LogP contribution in [0.2, 0.25) is 5.02 Å². The first-order valence-corrected chi connectivity index (χ1v) is 5.60. The molecule has 3 nitrogen and oxygen atoms in total. The molecule has 0 saturated carbocycles. The molecule has 2 N–H and O–H groups in total. The molecule has 0 unspecified atom stereocenters. The molecule has 0 aliphatic heterocycles. The molecule has 1 amide bonds. The van der Waals surface area contributed by atoms with E-state index in [4.69, 9.17) is 11.6 Å². The highest BCUT2D eigenvalue weighted by Crippen LogP contribution is 2.24. The van der Waals surface area contributed by atoms with Gasteiger partial charge in [0.15, 0.2) is 0 Å². The fraction of sp³-hybridized carbons (Fsp3) is 0. The average molecular weight is 284 g/mol. The van der Waals surface area contributed by atoms with Crippen molar-refractivity contribution < 1.29 is 18.7 Å². The molecule has 0 aliphatic rings. The van der Waals surface area contributed by atoms with Gasteiger partial charge in [-0.3, -0.25) is 4.79 Å². The van der Waals surface area contributed by atoms with Crippen LogP contribution in [0.3, 0.4) is 0 Å². The lowest BCUT2D eigenvalue weighted by Crippen LogP contribution is -2.14. The minimum absolute atomic E-state index is 0.0621. The van der Waals surface area contributed by atoms with Crippen molar-refractivity contribution in [2.45, 2.75) is 0 Å². The van der Waals surface area contributed by atoms with Crippen molar-refractivity contribution in [1.29, 1.82) is 0 Å². The third kappa shape index (κ3) is 2.82. The summed E-state index contributed by atoms with van der Waals surface area (Å²) < 4.78 is 26.7. The first-order chi connectivity index (χ1) is 8.99.